The van der Waals surface area contributed by atoms with E-state index in [0.717, 1.165) is 25.9 Å². The Balaban J connectivity index is 1.72. The quantitative estimate of drug-likeness (QED) is 0.878. The summed E-state index contributed by atoms with van der Waals surface area (Å²) >= 11 is 0. The fraction of sp³-hybridized carbons (Fsp3) is 0.412. The second-order valence-electron chi connectivity index (χ2n) is 5.74. The predicted molar refractivity (Wildman–Crippen MR) is 90.9 cm³/mol. The lowest BCUT2D eigenvalue weighted by Crippen LogP contribution is -2.32. The van der Waals surface area contributed by atoms with E-state index in [1.165, 1.54) is 0 Å². The van der Waals surface area contributed by atoms with Gasteiger partial charge in [0.05, 0.1) is 20.3 Å². The van der Waals surface area contributed by atoms with Crippen LogP contribution in [0.1, 0.15) is 29.4 Å². The Hall–Kier alpha value is -2.54. The minimum Gasteiger partial charge on any atom is -0.497 e. The van der Waals surface area contributed by atoms with Crippen molar-refractivity contribution in [3.8, 4) is 11.5 Å². The number of methoxy groups -OCH3 is 2. The van der Waals surface area contributed by atoms with E-state index < -0.39 is 0 Å². The number of hydrogen-bond donors (Lipinski definition) is 2. The summed E-state index contributed by atoms with van der Waals surface area (Å²) in [5.41, 5.74) is 0.993. The van der Waals surface area contributed by atoms with E-state index in [4.69, 9.17) is 9.47 Å². The molecular weight excluding hydrogens is 308 g/mol. The van der Waals surface area contributed by atoms with Gasteiger partial charge in [-0.25, -0.2) is 0 Å². The van der Waals surface area contributed by atoms with Crippen LogP contribution in [0, 0.1) is 0 Å². The number of nitrogens with zero attached hydrogens (tertiary/aromatic N) is 2. The molecule has 2 heterocycles. The molecule has 0 aliphatic carbocycles. The average molecular weight is 330 g/mol. The largest absolute Gasteiger partial charge is 0.497 e. The first-order chi connectivity index (χ1) is 11.7. The summed E-state index contributed by atoms with van der Waals surface area (Å²) in [4.78, 5) is 12.4. The molecule has 1 atom stereocenters. The zero-order valence-corrected chi connectivity index (χ0v) is 13.9. The summed E-state index contributed by atoms with van der Waals surface area (Å²) in [6.07, 6.45) is 4.05. The predicted octanol–water partition coefficient (Wildman–Crippen LogP) is 2.08. The summed E-state index contributed by atoms with van der Waals surface area (Å²) in [5.74, 6) is 0.972. The number of carbonyl (C=O) groups is 1. The van der Waals surface area contributed by atoms with Gasteiger partial charge in [-0.2, -0.15) is 5.10 Å². The number of amides is 1. The van der Waals surface area contributed by atoms with Crippen molar-refractivity contribution in [3.05, 3.63) is 36.2 Å². The van der Waals surface area contributed by atoms with Gasteiger partial charge in [0, 0.05) is 36.6 Å². The molecule has 2 N–H and O–H groups in total. The van der Waals surface area contributed by atoms with Crippen LogP contribution in [-0.2, 0) is 0 Å². The topological polar surface area (TPSA) is 77.4 Å². The number of anilines is 1. The fourth-order valence-corrected chi connectivity index (χ4v) is 2.80. The van der Waals surface area contributed by atoms with Crippen LogP contribution in [0.4, 0.5) is 5.69 Å². The molecule has 0 spiro atoms. The van der Waals surface area contributed by atoms with Crippen LogP contribution >= 0.6 is 0 Å². The molecule has 1 aliphatic rings. The van der Waals surface area contributed by atoms with Gasteiger partial charge in [0.1, 0.15) is 11.5 Å². The number of rotatable bonds is 5. The monoisotopic (exact) mass is 330 g/mol. The van der Waals surface area contributed by atoms with E-state index in [1.807, 2.05) is 10.9 Å². The molecule has 128 valence electrons. The first kappa shape index (κ1) is 16.3. The molecule has 2 aromatic rings. The van der Waals surface area contributed by atoms with Crippen molar-refractivity contribution in [2.24, 2.45) is 0 Å². The summed E-state index contributed by atoms with van der Waals surface area (Å²) < 4.78 is 12.3. The molecule has 1 aromatic heterocycles. The second kappa shape index (κ2) is 7.35. The van der Waals surface area contributed by atoms with Crippen LogP contribution in [0.15, 0.2) is 30.5 Å². The van der Waals surface area contributed by atoms with E-state index in [-0.39, 0.29) is 5.91 Å². The number of ether oxygens (including phenoxy) is 2. The van der Waals surface area contributed by atoms with Gasteiger partial charge in [-0.3, -0.25) is 9.48 Å². The first-order valence-corrected chi connectivity index (χ1v) is 8.00. The van der Waals surface area contributed by atoms with Crippen molar-refractivity contribution >= 4 is 11.6 Å². The molecule has 0 bridgehead atoms. The molecule has 3 rings (SSSR count). The maximum absolute atomic E-state index is 12.4. The number of hydrogen-bond acceptors (Lipinski definition) is 5. The number of nitrogens with one attached hydrogen (secondary N) is 2. The van der Waals surface area contributed by atoms with Crippen LogP contribution in [0.5, 0.6) is 11.5 Å². The molecule has 1 aromatic carbocycles. The van der Waals surface area contributed by atoms with Gasteiger partial charge in [-0.15, -0.1) is 0 Å². The molecule has 1 amide bonds. The number of carbonyl (C=O) groups excluding carboxylic acids is 1. The van der Waals surface area contributed by atoms with Crippen LogP contribution in [0.3, 0.4) is 0 Å². The summed E-state index contributed by atoms with van der Waals surface area (Å²) in [6, 6.07) is 7.27. The Morgan fingerprint density at radius 1 is 1.29 bits per heavy atom. The Bertz CT molecular complexity index is 685. The van der Waals surface area contributed by atoms with Crippen molar-refractivity contribution in [1.82, 2.24) is 15.1 Å². The smallest absolute Gasteiger partial charge is 0.276 e. The summed E-state index contributed by atoms with van der Waals surface area (Å²) in [6.45, 7) is 1.93. The summed E-state index contributed by atoms with van der Waals surface area (Å²) in [5, 5.41) is 10.6. The highest BCUT2D eigenvalue weighted by Gasteiger charge is 2.18. The van der Waals surface area contributed by atoms with Crippen molar-refractivity contribution in [2.45, 2.75) is 18.9 Å². The van der Waals surface area contributed by atoms with E-state index in [9.17, 15) is 4.79 Å². The van der Waals surface area contributed by atoms with E-state index >= 15 is 0 Å². The molecule has 1 aliphatic heterocycles. The Morgan fingerprint density at radius 3 is 2.67 bits per heavy atom. The second-order valence-corrected chi connectivity index (χ2v) is 5.74. The Labute approximate surface area is 140 Å². The van der Waals surface area contributed by atoms with Gasteiger partial charge in [-0.05, 0) is 25.5 Å². The lowest BCUT2D eigenvalue weighted by atomic mass is 10.1. The number of aromatic nitrogens is 2. The molecule has 0 radical (unpaired) electrons. The van der Waals surface area contributed by atoms with E-state index in [0.29, 0.717) is 28.9 Å². The highest BCUT2D eigenvalue weighted by atomic mass is 16.5. The standard InChI is InChI=1S/C17H22N4O3/c1-23-14-8-12(9-15(10-14)24-2)19-17(22)16-5-7-21(20-16)13-4-3-6-18-11-13/h5,7-10,13,18H,3-4,6,11H2,1-2H3,(H,19,22). The van der Waals surface area contributed by atoms with Gasteiger partial charge in [0.15, 0.2) is 5.69 Å². The number of piperidine rings is 1. The first-order valence-electron chi connectivity index (χ1n) is 8.00. The third-order valence-corrected chi connectivity index (χ3v) is 4.10. The molecule has 1 saturated heterocycles. The molecule has 7 nitrogen and oxygen atoms in total. The van der Waals surface area contributed by atoms with Gasteiger partial charge in [0.2, 0.25) is 0 Å². The van der Waals surface area contributed by atoms with Crippen LogP contribution in [0.25, 0.3) is 0 Å². The lowest BCUT2D eigenvalue weighted by Gasteiger charge is -2.22. The van der Waals surface area contributed by atoms with Crippen molar-refractivity contribution < 1.29 is 14.3 Å². The number of benzene rings is 1. The van der Waals surface area contributed by atoms with Crippen molar-refractivity contribution in [1.29, 1.82) is 0 Å². The Kier molecular flexibility index (Phi) is 5.00. The van der Waals surface area contributed by atoms with Crippen LogP contribution in [-0.4, -0.2) is 43.0 Å². The van der Waals surface area contributed by atoms with Crippen LogP contribution < -0.4 is 20.1 Å². The fourth-order valence-electron chi connectivity index (χ4n) is 2.80. The summed E-state index contributed by atoms with van der Waals surface area (Å²) in [7, 11) is 3.14. The SMILES string of the molecule is COc1cc(NC(=O)c2ccn(C3CCCNC3)n2)cc(OC)c1. The van der Waals surface area contributed by atoms with Gasteiger partial charge >= 0.3 is 0 Å². The van der Waals surface area contributed by atoms with Gasteiger partial charge < -0.3 is 20.1 Å². The molecule has 24 heavy (non-hydrogen) atoms. The molecular formula is C17H22N4O3. The van der Waals surface area contributed by atoms with Gasteiger partial charge in [-0.1, -0.05) is 0 Å². The zero-order valence-electron chi connectivity index (χ0n) is 13.9. The van der Waals surface area contributed by atoms with Crippen molar-refractivity contribution in [3.63, 3.8) is 0 Å². The zero-order chi connectivity index (χ0) is 16.9. The molecule has 1 fully saturated rings. The van der Waals surface area contributed by atoms with Gasteiger partial charge in [0.25, 0.3) is 5.91 Å². The van der Waals surface area contributed by atoms with E-state index in [1.54, 1.807) is 38.5 Å². The maximum Gasteiger partial charge on any atom is 0.276 e. The molecule has 7 heteroatoms. The highest BCUT2D eigenvalue weighted by Crippen LogP contribution is 2.26. The minimum absolute atomic E-state index is 0.257. The molecule has 1 unspecified atom stereocenters. The lowest BCUT2D eigenvalue weighted by molar-refractivity contribution is 0.102. The van der Waals surface area contributed by atoms with E-state index in [2.05, 4.69) is 15.7 Å². The normalized spacial score (nSPS) is 17.3. The van der Waals surface area contributed by atoms with Crippen LogP contribution in [0.2, 0.25) is 0 Å². The third kappa shape index (κ3) is 3.68. The molecule has 0 saturated carbocycles. The third-order valence-electron chi connectivity index (χ3n) is 4.10. The Morgan fingerprint density at radius 2 is 2.04 bits per heavy atom. The average Bonchev–Trinajstić information content (AvgIpc) is 3.12. The minimum atomic E-state index is -0.257. The highest BCUT2D eigenvalue weighted by molar-refractivity contribution is 6.03. The maximum atomic E-state index is 12.4. The van der Waals surface area contributed by atoms with Crippen molar-refractivity contribution in [2.75, 3.05) is 32.6 Å².